The van der Waals surface area contributed by atoms with Crippen molar-refractivity contribution in [2.24, 2.45) is 0 Å². The molecule has 0 radical (unpaired) electrons. The van der Waals surface area contributed by atoms with E-state index in [1.54, 1.807) is 14.2 Å². The normalized spacial score (nSPS) is 11.0. The molecule has 8 nitrogen and oxygen atoms in total. The van der Waals surface area contributed by atoms with E-state index in [-0.39, 0.29) is 6.04 Å². The van der Waals surface area contributed by atoms with Gasteiger partial charge < -0.3 is 24.7 Å². The quantitative estimate of drug-likeness (QED) is 0.398. The predicted octanol–water partition coefficient (Wildman–Crippen LogP) is 4.65. The lowest BCUT2D eigenvalue weighted by Crippen LogP contribution is -2.09. The second-order valence-corrected chi connectivity index (χ2v) is 7.72. The maximum atomic E-state index is 5.24. The van der Waals surface area contributed by atoms with E-state index >= 15 is 0 Å². The smallest absolute Gasteiger partial charge is 0.227 e. The van der Waals surface area contributed by atoms with Gasteiger partial charge in [-0.3, -0.25) is 0 Å². The zero-order valence-electron chi connectivity index (χ0n) is 18.8. The third kappa shape index (κ3) is 4.74. The van der Waals surface area contributed by atoms with Gasteiger partial charge in [-0.05, 0) is 49.2 Å². The van der Waals surface area contributed by atoms with E-state index in [1.165, 1.54) is 0 Å². The van der Waals surface area contributed by atoms with E-state index in [0.29, 0.717) is 24.9 Å². The Labute approximate surface area is 187 Å². The Morgan fingerprint density at radius 1 is 0.812 bits per heavy atom. The molecule has 8 heteroatoms. The van der Waals surface area contributed by atoms with Crippen molar-refractivity contribution in [3.63, 3.8) is 0 Å². The number of rotatable bonds is 9. The third-order valence-corrected chi connectivity index (χ3v) is 5.21. The first-order valence-corrected chi connectivity index (χ1v) is 10.6. The van der Waals surface area contributed by atoms with Gasteiger partial charge in [0.05, 0.1) is 20.5 Å². The molecule has 2 aromatic heterocycles. The van der Waals surface area contributed by atoms with Crippen LogP contribution in [0.25, 0.3) is 11.2 Å². The number of hydrogen-bond acceptors (Lipinski definition) is 7. The lowest BCUT2D eigenvalue weighted by Gasteiger charge is -2.12. The van der Waals surface area contributed by atoms with Crippen LogP contribution in [0.2, 0.25) is 0 Å². The number of benzene rings is 2. The minimum atomic E-state index is 0.235. The average molecular weight is 433 g/mol. The highest BCUT2D eigenvalue weighted by atomic mass is 16.5. The van der Waals surface area contributed by atoms with Crippen molar-refractivity contribution in [1.82, 2.24) is 19.5 Å². The Hall–Kier alpha value is -3.81. The lowest BCUT2D eigenvalue weighted by molar-refractivity contribution is 0.414. The highest BCUT2D eigenvalue weighted by molar-refractivity contribution is 5.84. The van der Waals surface area contributed by atoms with Gasteiger partial charge in [0.15, 0.2) is 17.0 Å². The van der Waals surface area contributed by atoms with Crippen LogP contribution >= 0.6 is 0 Å². The first kappa shape index (κ1) is 21.4. The van der Waals surface area contributed by atoms with Crippen molar-refractivity contribution in [2.45, 2.75) is 33.0 Å². The van der Waals surface area contributed by atoms with Crippen LogP contribution < -0.4 is 20.1 Å². The second kappa shape index (κ2) is 9.55. The minimum Gasteiger partial charge on any atom is -0.497 e. The summed E-state index contributed by atoms with van der Waals surface area (Å²) in [7, 11) is 3.32. The molecule has 4 rings (SSSR count). The molecule has 0 spiro atoms. The zero-order valence-corrected chi connectivity index (χ0v) is 18.8. The number of anilines is 2. The number of hydrogen-bond donors (Lipinski definition) is 2. The Bertz CT molecular complexity index is 1170. The first-order chi connectivity index (χ1) is 15.6. The van der Waals surface area contributed by atoms with Crippen molar-refractivity contribution in [3.05, 3.63) is 66.0 Å². The van der Waals surface area contributed by atoms with Crippen LogP contribution in [0.3, 0.4) is 0 Å². The molecule has 2 aromatic carbocycles. The van der Waals surface area contributed by atoms with E-state index in [9.17, 15) is 0 Å². The van der Waals surface area contributed by atoms with E-state index in [2.05, 4.69) is 29.5 Å². The van der Waals surface area contributed by atoms with Crippen molar-refractivity contribution in [2.75, 3.05) is 24.9 Å². The van der Waals surface area contributed by atoms with Crippen molar-refractivity contribution >= 4 is 22.9 Å². The molecule has 4 aromatic rings. The number of nitrogens with one attached hydrogen (secondary N) is 2. The summed E-state index contributed by atoms with van der Waals surface area (Å²) in [5.41, 5.74) is 3.78. The minimum absolute atomic E-state index is 0.235. The molecule has 0 aliphatic heterocycles. The van der Waals surface area contributed by atoms with E-state index in [4.69, 9.17) is 19.4 Å². The summed E-state index contributed by atoms with van der Waals surface area (Å²) in [6.45, 7) is 5.43. The SMILES string of the molecule is COc1ccc(CNc2nc(NCc3ccc(OC)cc3)c3ncn(C(C)C)c3n2)cc1. The van der Waals surface area contributed by atoms with Gasteiger partial charge in [0.2, 0.25) is 5.95 Å². The largest absolute Gasteiger partial charge is 0.497 e. The van der Waals surface area contributed by atoms with Gasteiger partial charge >= 0.3 is 0 Å². The van der Waals surface area contributed by atoms with Gasteiger partial charge in [0, 0.05) is 19.1 Å². The molecule has 0 aliphatic carbocycles. The summed E-state index contributed by atoms with van der Waals surface area (Å²) in [6, 6.07) is 16.1. The van der Waals surface area contributed by atoms with Gasteiger partial charge in [0.25, 0.3) is 0 Å². The number of ether oxygens (including phenoxy) is 2. The van der Waals surface area contributed by atoms with Crippen LogP contribution in [0.1, 0.15) is 31.0 Å². The molecule has 0 saturated heterocycles. The number of fused-ring (bicyclic) bond motifs is 1. The number of methoxy groups -OCH3 is 2. The lowest BCUT2D eigenvalue weighted by atomic mass is 10.2. The first-order valence-electron chi connectivity index (χ1n) is 10.6. The summed E-state index contributed by atoms with van der Waals surface area (Å²) in [6.07, 6.45) is 1.82. The maximum absolute atomic E-state index is 5.24. The van der Waals surface area contributed by atoms with Crippen LogP contribution in [-0.2, 0) is 13.1 Å². The Morgan fingerprint density at radius 2 is 1.38 bits per heavy atom. The Morgan fingerprint density at radius 3 is 1.91 bits per heavy atom. The monoisotopic (exact) mass is 432 g/mol. The Kier molecular flexibility index (Phi) is 6.39. The molecule has 0 atom stereocenters. The van der Waals surface area contributed by atoms with Crippen LogP contribution in [0, 0.1) is 0 Å². The van der Waals surface area contributed by atoms with Gasteiger partial charge in [-0.2, -0.15) is 9.97 Å². The molecule has 0 bridgehead atoms. The number of aromatic nitrogens is 4. The molecule has 0 fully saturated rings. The summed E-state index contributed by atoms with van der Waals surface area (Å²) < 4.78 is 12.5. The van der Waals surface area contributed by atoms with E-state index < -0.39 is 0 Å². The molecule has 32 heavy (non-hydrogen) atoms. The van der Waals surface area contributed by atoms with E-state index in [1.807, 2.05) is 59.4 Å². The van der Waals surface area contributed by atoms with Gasteiger partial charge in [-0.1, -0.05) is 24.3 Å². The molecule has 166 valence electrons. The second-order valence-electron chi connectivity index (χ2n) is 7.72. The summed E-state index contributed by atoms with van der Waals surface area (Å²) in [4.78, 5) is 14.0. The standard InChI is InChI=1S/C24H28N6O2/c1-16(2)30-15-27-21-22(25-13-17-5-9-19(31-3)10-6-17)28-24(29-23(21)30)26-14-18-7-11-20(32-4)12-8-18/h5-12,15-16H,13-14H2,1-4H3,(H2,25,26,28,29). The number of nitrogens with zero attached hydrogens (tertiary/aromatic N) is 4. The molecular formula is C24H28N6O2. The fourth-order valence-electron chi connectivity index (χ4n) is 3.35. The summed E-state index contributed by atoms with van der Waals surface area (Å²) in [5.74, 6) is 2.91. The number of imidazole rings is 1. The van der Waals surface area contributed by atoms with Crippen LogP contribution in [0.5, 0.6) is 11.5 Å². The predicted molar refractivity (Wildman–Crippen MR) is 126 cm³/mol. The Balaban J connectivity index is 1.58. The van der Waals surface area contributed by atoms with Crippen molar-refractivity contribution in [1.29, 1.82) is 0 Å². The van der Waals surface area contributed by atoms with Crippen molar-refractivity contribution in [3.8, 4) is 11.5 Å². The molecule has 2 N–H and O–H groups in total. The summed E-state index contributed by atoms with van der Waals surface area (Å²) >= 11 is 0. The van der Waals surface area contributed by atoms with Crippen LogP contribution in [0.15, 0.2) is 54.9 Å². The molecule has 0 saturated carbocycles. The summed E-state index contributed by atoms with van der Waals surface area (Å²) in [5, 5.41) is 6.76. The molecular weight excluding hydrogens is 404 g/mol. The van der Waals surface area contributed by atoms with Gasteiger partial charge in [0.1, 0.15) is 11.5 Å². The fraction of sp³-hybridized carbons (Fsp3) is 0.292. The van der Waals surface area contributed by atoms with Crippen molar-refractivity contribution < 1.29 is 9.47 Å². The topological polar surface area (TPSA) is 86.1 Å². The van der Waals surface area contributed by atoms with Crippen LogP contribution in [0.4, 0.5) is 11.8 Å². The fourth-order valence-corrected chi connectivity index (χ4v) is 3.35. The molecule has 0 aliphatic rings. The average Bonchev–Trinajstić information content (AvgIpc) is 3.26. The molecule has 2 heterocycles. The highest BCUT2D eigenvalue weighted by Crippen LogP contribution is 2.24. The van der Waals surface area contributed by atoms with Gasteiger partial charge in [-0.15, -0.1) is 0 Å². The van der Waals surface area contributed by atoms with E-state index in [0.717, 1.165) is 33.8 Å². The maximum Gasteiger partial charge on any atom is 0.227 e. The van der Waals surface area contributed by atoms with Gasteiger partial charge in [-0.25, -0.2) is 4.98 Å². The highest BCUT2D eigenvalue weighted by Gasteiger charge is 2.15. The molecule has 0 amide bonds. The zero-order chi connectivity index (χ0) is 22.5. The third-order valence-electron chi connectivity index (χ3n) is 5.21. The van der Waals surface area contributed by atoms with Crippen LogP contribution in [-0.4, -0.2) is 33.7 Å². The molecule has 0 unspecified atom stereocenters.